The Morgan fingerprint density at radius 3 is 0.781 bits per heavy atom. The van der Waals surface area contributed by atoms with Crippen molar-refractivity contribution in [2.75, 3.05) is 39.6 Å². The van der Waals surface area contributed by atoms with Gasteiger partial charge in [-0.1, -0.05) is 303 Å². The summed E-state index contributed by atoms with van der Waals surface area (Å²) < 4.78 is 68.5. The van der Waals surface area contributed by atoms with Crippen LogP contribution in [-0.4, -0.2) is 96.7 Å². The molecule has 114 heavy (non-hydrogen) atoms. The van der Waals surface area contributed by atoms with Crippen LogP contribution >= 0.6 is 15.6 Å². The largest absolute Gasteiger partial charge is 0.472 e. The van der Waals surface area contributed by atoms with Gasteiger partial charge in [-0.3, -0.25) is 37.3 Å². The van der Waals surface area contributed by atoms with E-state index in [1.807, 2.05) is 48.6 Å². The Labute approximate surface area is 688 Å². The van der Waals surface area contributed by atoms with Crippen LogP contribution in [0.3, 0.4) is 0 Å². The second kappa shape index (κ2) is 83.8. The van der Waals surface area contributed by atoms with Gasteiger partial charge >= 0.3 is 39.5 Å². The predicted molar refractivity (Wildman–Crippen MR) is 472 cm³/mol. The van der Waals surface area contributed by atoms with Crippen molar-refractivity contribution in [1.82, 2.24) is 0 Å². The first kappa shape index (κ1) is 107. The van der Waals surface area contributed by atoms with Gasteiger partial charge < -0.3 is 33.8 Å². The number of ether oxygens (including phenoxy) is 4. The molecule has 19 heteroatoms. The summed E-state index contributed by atoms with van der Waals surface area (Å²) in [5, 5.41) is 10.7. The number of hydrogen-bond donors (Lipinski definition) is 3. The minimum Gasteiger partial charge on any atom is -0.462 e. The van der Waals surface area contributed by atoms with Crippen LogP contribution in [0, 0.1) is 0 Å². The fraction of sp³-hybridized carbons (Fsp3) is 0.537. The molecular weight excluding hydrogens is 1470 g/mol. The van der Waals surface area contributed by atoms with Gasteiger partial charge in [-0.05, 0) is 186 Å². The Balaban J connectivity index is 5.65. The Bertz CT molecular complexity index is 3120. The van der Waals surface area contributed by atoms with E-state index in [2.05, 4.69) is 222 Å². The zero-order chi connectivity index (χ0) is 83.1. The molecule has 17 nitrogen and oxygen atoms in total. The average Bonchev–Trinajstić information content (AvgIpc) is 0.897. The molecule has 3 N–H and O–H groups in total. The molecule has 0 heterocycles. The number of aliphatic hydroxyl groups excluding tert-OH is 1. The lowest BCUT2D eigenvalue weighted by atomic mass is 10.1. The second-order valence-electron chi connectivity index (χ2n) is 26.9. The van der Waals surface area contributed by atoms with Crippen LogP contribution in [0.1, 0.15) is 272 Å². The summed E-state index contributed by atoms with van der Waals surface area (Å²) >= 11 is 0. The average molecular weight is 1620 g/mol. The third kappa shape index (κ3) is 82.8. The molecule has 0 aliphatic heterocycles. The molecular formula is C95H146O17P2. The molecule has 0 rings (SSSR count). The molecule has 0 aliphatic carbocycles. The number of carbonyl (C=O) groups excluding carboxylic acids is 4. The van der Waals surface area contributed by atoms with Gasteiger partial charge in [-0.2, -0.15) is 0 Å². The van der Waals surface area contributed by atoms with Crippen LogP contribution in [0.25, 0.3) is 0 Å². The van der Waals surface area contributed by atoms with E-state index in [0.29, 0.717) is 44.9 Å². The molecule has 0 saturated heterocycles. The Hall–Kier alpha value is -7.14. The van der Waals surface area contributed by atoms with Gasteiger partial charge in [0.05, 0.1) is 26.4 Å². The maximum Gasteiger partial charge on any atom is 0.472 e. The molecule has 2 unspecified atom stereocenters. The van der Waals surface area contributed by atoms with Crippen LogP contribution in [0.4, 0.5) is 0 Å². The van der Waals surface area contributed by atoms with E-state index in [1.165, 1.54) is 38.5 Å². The Morgan fingerprint density at radius 1 is 0.254 bits per heavy atom. The van der Waals surface area contributed by atoms with Gasteiger partial charge in [0.1, 0.15) is 19.3 Å². The van der Waals surface area contributed by atoms with Crippen molar-refractivity contribution in [1.29, 1.82) is 0 Å². The van der Waals surface area contributed by atoms with Gasteiger partial charge in [0, 0.05) is 25.7 Å². The first-order valence-corrected chi connectivity index (χ1v) is 45.3. The number of esters is 4. The van der Waals surface area contributed by atoms with Crippen LogP contribution in [-0.2, 0) is 65.4 Å². The number of allylic oxidation sites excluding steroid dienone is 40. The van der Waals surface area contributed by atoms with Crippen LogP contribution < -0.4 is 0 Å². The Kier molecular flexibility index (Phi) is 78.5. The Morgan fingerprint density at radius 2 is 0.482 bits per heavy atom. The highest BCUT2D eigenvalue weighted by atomic mass is 31.2. The molecule has 0 bridgehead atoms. The standard InChI is InChI=1S/C95H146O17P2/c1-5-9-13-17-21-25-29-33-37-41-44-48-52-56-60-64-68-72-76-80-93(98)106-86-91(112-95(100)82-78-74-70-66-62-58-54-50-46-43-39-35-31-27-23-19-15-11-7-3)88-110-114(103,104)108-84-89(96)83-107-113(101,102)109-87-90(85-105-92(97)79-75-71-67-63-59-55-51-47-40-36-32-28-24-20-16-12-8-4)111-94(99)81-77-73-69-65-61-57-53-49-45-42-38-34-30-26-22-18-14-10-6-2/h10-11,14-15,21-28,33-40,44-46,48-51,55-58,60-63,67-68,70,72,74,89-91,96H,5-9,12-13,16-20,29-32,41-43,47,52-54,59,64-66,69,71,73,75-88H2,1-4H3,(H,101,102)(H,103,104)/b14-10-,15-11-,25-21-,26-22-,27-23-,28-24-,37-33-,38-34-,39-35-,40-36-,48-44-,49-45-,50-46-,55-51-,60-56-,61-57-,62-58-,67-63-,72-68-,74-70-/t89-,90+,91+/m0/s1. The number of hydrogen-bond acceptors (Lipinski definition) is 15. The number of unbranched alkanes of at least 4 members (excludes halogenated alkanes) is 10. The lowest BCUT2D eigenvalue weighted by Crippen LogP contribution is -2.30. The number of phosphoric ester groups is 2. The molecule has 638 valence electrons. The van der Waals surface area contributed by atoms with E-state index in [0.717, 1.165) is 135 Å². The maximum absolute atomic E-state index is 13.1. The summed E-state index contributed by atoms with van der Waals surface area (Å²) in [5.74, 6) is -2.51. The number of rotatable bonds is 76. The fourth-order valence-electron chi connectivity index (χ4n) is 9.95. The van der Waals surface area contributed by atoms with Gasteiger partial charge in [0.2, 0.25) is 0 Å². The van der Waals surface area contributed by atoms with Crippen molar-refractivity contribution in [3.63, 3.8) is 0 Å². The highest BCUT2D eigenvalue weighted by Crippen LogP contribution is 2.45. The highest BCUT2D eigenvalue weighted by Gasteiger charge is 2.30. The van der Waals surface area contributed by atoms with Gasteiger partial charge in [0.15, 0.2) is 12.2 Å². The topological polar surface area (TPSA) is 237 Å². The van der Waals surface area contributed by atoms with Crippen LogP contribution in [0.5, 0.6) is 0 Å². The molecule has 0 radical (unpaired) electrons. The zero-order valence-corrected chi connectivity index (χ0v) is 71.7. The molecule has 0 amide bonds. The van der Waals surface area contributed by atoms with E-state index in [9.17, 15) is 43.2 Å². The molecule has 0 aromatic carbocycles. The van der Waals surface area contributed by atoms with E-state index >= 15 is 0 Å². The van der Waals surface area contributed by atoms with Gasteiger partial charge in [-0.25, -0.2) is 9.13 Å². The minimum atomic E-state index is -5.04. The summed E-state index contributed by atoms with van der Waals surface area (Å²) in [6, 6.07) is 0. The first-order valence-electron chi connectivity index (χ1n) is 42.3. The van der Waals surface area contributed by atoms with E-state index < -0.39 is 97.5 Å². The lowest BCUT2D eigenvalue weighted by Gasteiger charge is -2.21. The van der Waals surface area contributed by atoms with Gasteiger partial charge in [0.25, 0.3) is 0 Å². The number of carbonyl (C=O) groups is 4. The fourth-order valence-corrected chi connectivity index (χ4v) is 11.5. The summed E-state index contributed by atoms with van der Waals surface area (Å²) in [4.78, 5) is 73.2. The summed E-state index contributed by atoms with van der Waals surface area (Å²) in [5.41, 5.74) is 0. The van der Waals surface area contributed by atoms with Crippen molar-refractivity contribution in [3.8, 4) is 0 Å². The van der Waals surface area contributed by atoms with Crippen molar-refractivity contribution in [3.05, 3.63) is 243 Å². The SMILES string of the molecule is CC/C=C\C/C=C\C/C=C\C/C=C\C/C=C\C/C=C\CCC(=O)O[C@H](COC(=O)CC/C=C\C/C=C\C/C=C\C/C=C\C/C=C\CCCCC)COP(=O)(O)OC[C@@H](O)COP(=O)(O)OC[C@@H](COC(=O)CCC/C=C\C/C=C\C/C=C\C/C=C\CCCCC)OC(=O)CCCCC/C=C\C/C=C\C/C=C\C/C=C\C/C=C\CC. The maximum atomic E-state index is 13.1. The van der Waals surface area contributed by atoms with Crippen LogP contribution in [0.2, 0.25) is 0 Å². The third-order valence-corrected chi connectivity index (χ3v) is 18.2. The van der Waals surface area contributed by atoms with Crippen LogP contribution in [0.15, 0.2) is 243 Å². The lowest BCUT2D eigenvalue weighted by molar-refractivity contribution is -0.161. The van der Waals surface area contributed by atoms with E-state index in [4.69, 9.17) is 37.0 Å². The number of phosphoric acid groups is 2. The van der Waals surface area contributed by atoms with E-state index in [-0.39, 0.29) is 25.7 Å². The molecule has 0 aromatic rings. The molecule has 0 aromatic heterocycles. The molecule has 5 atom stereocenters. The minimum absolute atomic E-state index is 0.00906. The van der Waals surface area contributed by atoms with E-state index in [1.54, 1.807) is 0 Å². The molecule has 0 fully saturated rings. The van der Waals surface area contributed by atoms with Gasteiger partial charge in [-0.15, -0.1) is 0 Å². The summed E-state index contributed by atoms with van der Waals surface area (Å²) in [7, 11) is -10.1. The predicted octanol–water partition coefficient (Wildman–Crippen LogP) is 25.6. The molecule has 0 aliphatic rings. The first-order chi connectivity index (χ1) is 55.7. The summed E-state index contributed by atoms with van der Waals surface area (Å²) in [6.45, 7) is 4.28. The molecule has 0 saturated carbocycles. The second-order valence-corrected chi connectivity index (χ2v) is 29.8. The van der Waals surface area contributed by atoms with Crippen molar-refractivity contribution in [2.45, 2.75) is 290 Å². The summed E-state index contributed by atoms with van der Waals surface area (Å²) in [6.07, 6.45) is 110. The van der Waals surface area contributed by atoms with Crippen molar-refractivity contribution < 1.29 is 80.2 Å². The highest BCUT2D eigenvalue weighted by molar-refractivity contribution is 7.47. The zero-order valence-electron chi connectivity index (χ0n) is 69.9. The smallest absolute Gasteiger partial charge is 0.462 e. The normalized spacial score (nSPS) is 15.0. The monoisotopic (exact) mass is 1620 g/mol. The van der Waals surface area contributed by atoms with Crippen molar-refractivity contribution >= 4 is 39.5 Å². The third-order valence-electron chi connectivity index (χ3n) is 16.3. The number of aliphatic hydroxyl groups is 1. The quantitative estimate of drug-likeness (QED) is 0.0169. The van der Waals surface area contributed by atoms with Crippen molar-refractivity contribution in [2.24, 2.45) is 0 Å². The molecule has 0 spiro atoms.